The molecule has 1 aliphatic rings. The molecule has 1 N–H and O–H groups in total. The number of ketones is 1. The molecule has 3 aromatic rings. The first kappa shape index (κ1) is 14.3. The van der Waals surface area contributed by atoms with Crippen LogP contribution in [-0.2, 0) is 0 Å². The van der Waals surface area contributed by atoms with Gasteiger partial charge >= 0.3 is 0 Å². The molecular formula is C20H14N2O2. The molecule has 0 aliphatic heterocycles. The number of amides is 1. The largest absolute Gasteiger partial charge is 0.320 e. The van der Waals surface area contributed by atoms with Gasteiger partial charge in [0.05, 0.1) is 17.4 Å². The second-order valence-electron chi connectivity index (χ2n) is 5.75. The van der Waals surface area contributed by atoms with Crippen molar-refractivity contribution in [3.63, 3.8) is 0 Å². The van der Waals surface area contributed by atoms with E-state index in [2.05, 4.69) is 10.3 Å². The maximum absolute atomic E-state index is 12.7. The lowest BCUT2D eigenvalue weighted by atomic mass is 10.00. The zero-order chi connectivity index (χ0) is 16.7. The minimum Gasteiger partial charge on any atom is -0.320 e. The molecule has 116 valence electrons. The summed E-state index contributed by atoms with van der Waals surface area (Å²) in [5.74, 6) is -0.404. The number of rotatable bonds is 2. The van der Waals surface area contributed by atoms with Crippen LogP contribution in [0.5, 0.6) is 0 Å². The quantitative estimate of drug-likeness (QED) is 0.611. The second-order valence-corrected chi connectivity index (χ2v) is 5.75. The van der Waals surface area contributed by atoms with Gasteiger partial charge < -0.3 is 5.32 Å². The summed E-state index contributed by atoms with van der Waals surface area (Å²) in [5, 5.41) is 2.85. The van der Waals surface area contributed by atoms with E-state index in [4.69, 9.17) is 0 Å². The molecule has 24 heavy (non-hydrogen) atoms. The van der Waals surface area contributed by atoms with Crippen LogP contribution in [-0.4, -0.2) is 16.7 Å². The van der Waals surface area contributed by atoms with Gasteiger partial charge in [-0.3, -0.25) is 14.6 Å². The summed E-state index contributed by atoms with van der Waals surface area (Å²) in [4.78, 5) is 29.5. The zero-order valence-electron chi connectivity index (χ0n) is 13.0. The Morgan fingerprint density at radius 2 is 1.71 bits per heavy atom. The van der Waals surface area contributed by atoms with Crippen LogP contribution in [0.3, 0.4) is 0 Å². The monoisotopic (exact) mass is 314 g/mol. The topological polar surface area (TPSA) is 59.1 Å². The number of carbonyl (C=O) groups excluding carboxylic acids is 2. The smallest absolute Gasteiger partial charge is 0.256 e. The first-order valence-corrected chi connectivity index (χ1v) is 7.66. The van der Waals surface area contributed by atoms with E-state index >= 15 is 0 Å². The molecule has 1 aliphatic carbocycles. The number of hydrogen-bond acceptors (Lipinski definition) is 3. The first-order valence-electron chi connectivity index (χ1n) is 7.66. The molecule has 1 aromatic heterocycles. The molecule has 0 saturated carbocycles. The highest BCUT2D eigenvalue weighted by Crippen LogP contribution is 2.38. The van der Waals surface area contributed by atoms with Crippen molar-refractivity contribution in [2.24, 2.45) is 0 Å². The molecule has 0 radical (unpaired) electrons. The van der Waals surface area contributed by atoms with E-state index in [1.807, 2.05) is 37.3 Å². The number of fused-ring (bicyclic) bond motifs is 3. The van der Waals surface area contributed by atoms with Gasteiger partial charge in [0.15, 0.2) is 5.78 Å². The number of pyridine rings is 1. The van der Waals surface area contributed by atoms with E-state index in [1.165, 1.54) is 0 Å². The van der Waals surface area contributed by atoms with Crippen molar-refractivity contribution in [2.45, 2.75) is 6.92 Å². The van der Waals surface area contributed by atoms with Crippen molar-refractivity contribution >= 4 is 17.4 Å². The Kier molecular flexibility index (Phi) is 3.24. The predicted molar refractivity (Wildman–Crippen MR) is 92.2 cm³/mol. The van der Waals surface area contributed by atoms with Crippen LogP contribution in [0.1, 0.15) is 31.8 Å². The Hall–Kier alpha value is -3.27. The van der Waals surface area contributed by atoms with E-state index in [9.17, 15) is 9.59 Å². The van der Waals surface area contributed by atoms with Gasteiger partial charge in [-0.2, -0.15) is 0 Å². The van der Waals surface area contributed by atoms with Crippen LogP contribution in [0.2, 0.25) is 0 Å². The molecule has 1 heterocycles. The zero-order valence-corrected chi connectivity index (χ0v) is 13.0. The van der Waals surface area contributed by atoms with E-state index in [0.717, 1.165) is 16.7 Å². The average Bonchev–Trinajstić information content (AvgIpc) is 2.90. The van der Waals surface area contributed by atoms with Crippen molar-refractivity contribution in [3.8, 4) is 11.1 Å². The Balaban J connectivity index is 1.78. The number of hydrogen-bond donors (Lipinski definition) is 1. The molecule has 4 rings (SSSR count). The minimum absolute atomic E-state index is 0.103. The summed E-state index contributed by atoms with van der Waals surface area (Å²) in [7, 11) is 0. The molecule has 4 heteroatoms. The van der Waals surface area contributed by atoms with Gasteiger partial charge in [-0.05, 0) is 35.7 Å². The average molecular weight is 314 g/mol. The Morgan fingerprint density at radius 3 is 2.50 bits per heavy atom. The fourth-order valence-corrected chi connectivity index (χ4v) is 3.05. The Bertz CT molecular complexity index is 992. The molecule has 0 atom stereocenters. The normalized spacial score (nSPS) is 11.8. The summed E-state index contributed by atoms with van der Waals surface area (Å²) >= 11 is 0. The van der Waals surface area contributed by atoms with Gasteiger partial charge in [-0.15, -0.1) is 0 Å². The molecule has 0 fully saturated rings. The van der Waals surface area contributed by atoms with Crippen LogP contribution < -0.4 is 5.32 Å². The summed E-state index contributed by atoms with van der Waals surface area (Å²) in [5.41, 5.74) is 4.75. The number of aryl methyl sites for hydroxylation is 1. The van der Waals surface area contributed by atoms with Gasteiger partial charge in [0.2, 0.25) is 0 Å². The highest BCUT2D eigenvalue weighted by atomic mass is 16.2. The number of anilines is 1. The third-order valence-corrected chi connectivity index (χ3v) is 4.29. The van der Waals surface area contributed by atoms with E-state index in [-0.39, 0.29) is 11.7 Å². The van der Waals surface area contributed by atoms with Crippen LogP contribution in [0.25, 0.3) is 11.1 Å². The second kappa shape index (κ2) is 5.42. The highest BCUT2D eigenvalue weighted by molar-refractivity contribution is 6.26. The lowest BCUT2D eigenvalue weighted by Crippen LogP contribution is -2.16. The molecule has 0 spiro atoms. The third-order valence-electron chi connectivity index (χ3n) is 4.29. The summed E-state index contributed by atoms with van der Waals surface area (Å²) in [6.07, 6.45) is 3.28. The van der Waals surface area contributed by atoms with Crippen molar-refractivity contribution in [1.82, 2.24) is 4.98 Å². The van der Waals surface area contributed by atoms with E-state index in [0.29, 0.717) is 22.4 Å². The van der Waals surface area contributed by atoms with Crippen molar-refractivity contribution < 1.29 is 9.59 Å². The van der Waals surface area contributed by atoms with Gasteiger partial charge in [0.1, 0.15) is 0 Å². The van der Waals surface area contributed by atoms with Crippen molar-refractivity contribution in [1.29, 1.82) is 0 Å². The lowest BCUT2D eigenvalue weighted by Gasteiger charge is -2.10. The maximum Gasteiger partial charge on any atom is 0.256 e. The molecule has 0 saturated heterocycles. The van der Waals surface area contributed by atoms with Gasteiger partial charge in [-0.25, -0.2) is 0 Å². The van der Waals surface area contributed by atoms with Crippen molar-refractivity contribution in [3.05, 3.63) is 83.2 Å². The number of aromatic nitrogens is 1. The molecule has 1 amide bonds. The SMILES string of the molecule is Cc1ccncc1NC(=O)c1cccc2c1C(=O)c1ccccc1-2. The Morgan fingerprint density at radius 1 is 0.958 bits per heavy atom. The van der Waals surface area contributed by atoms with Crippen molar-refractivity contribution in [2.75, 3.05) is 5.32 Å². The highest BCUT2D eigenvalue weighted by Gasteiger charge is 2.30. The first-order chi connectivity index (χ1) is 11.7. The molecule has 4 nitrogen and oxygen atoms in total. The van der Waals surface area contributed by atoms with Gasteiger partial charge in [-0.1, -0.05) is 36.4 Å². The standard InChI is InChI=1S/C20H14N2O2/c1-12-9-10-21-11-17(12)22-20(24)16-8-4-7-14-13-5-2-3-6-15(13)19(23)18(14)16/h2-11H,1H3,(H,22,24). The van der Waals surface area contributed by atoms with E-state index < -0.39 is 0 Å². The maximum atomic E-state index is 12.7. The summed E-state index contributed by atoms with van der Waals surface area (Å²) < 4.78 is 0. The summed E-state index contributed by atoms with van der Waals surface area (Å²) in [6.45, 7) is 1.90. The lowest BCUT2D eigenvalue weighted by molar-refractivity contribution is 0.0998. The summed E-state index contributed by atoms with van der Waals surface area (Å²) in [6, 6.07) is 14.6. The van der Waals surface area contributed by atoms with Crippen LogP contribution >= 0.6 is 0 Å². The number of benzene rings is 2. The fourth-order valence-electron chi connectivity index (χ4n) is 3.05. The number of nitrogens with one attached hydrogen (secondary N) is 1. The van der Waals surface area contributed by atoms with Crippen LogP contribution in [0, 0.1) is 6.92 Å². The van der Waals surface area contributed by atoms with Crippen LogP contribution in [0.15, 0.2) is 60.9 Å². The molecular weight excluding hydrogens is 300 g/mol. The molecule has 0 bridgehead atoms. The minimum atomic E-state index is -0.302. The molecule has 0 unspecified atom stereocenters. The Labute approximate surface area is 139 Å². The fraction of sp³-hybridized carbons (Fsp3) is 0.0500. The predicted octanol–water partition coefficient (Wildman–Crippen LogP) is 3.85. The van der Waals surface area contributed by atoms with E-state index in [1.54, 1.807) is 30.6 Å². The van der Waals surface area contributed by atoms with Gasteiger partial charge in [0.25, 0.3) is 5.91 Å². The number of carbonyl (C=O) groups is 2. The number of nitrogens with zero attached hydrogens (tertiary/aromatic N) is 1. The molecule has 2 aromatic carbocycles. The van der Waals surface area contributed by atoms with Crippen LogP contribution in [0.4, 0.5) is 5.69 Å². The third kappa shape index (κ3) is 2.12. The van der Waals surface area contributed by atoms with Gasteiger partial charge in [0, 0.05) is 17.3 Å².